The summed E-state index contributed by atoms with van der Waals surface area (Å²) in [5.74, 6) is -0.0350. The fourth-order valence-electron chi connectivity index (χ4n) is 1.32. The number of rotatable bonds is 4. The summed E-state index contributed by atoms with van der Waals surface area (Å²) in [4.78, 5) is 21.0. The smallest absolute Gasteiger partial charge is 0.433 e. The Bertz CT molecular complexity index is 500. The number of carbonyl (C=O) groups is 1. The molecular formula is C9H8ClN3O5. The van der Waals surface area contributed by atoms with Gasteiger partial charge in [-0.1, -0.05) is 0 Å². The third kappa shape index (κ3) is 2.59. The normalized spacial score (nSPS) is 19.5. The molecule has 9 heteroatoms. The number of nitrogens with zero attached hydrogens (tertiary/aromatic N) is 3. The number of amides is 1. The van der Waals surface area contributed by atoms with Crippen molar-refractivity contribution in [3.05, 3.63) is 28.0 Å². The molecule has 1 amide bonds. The van der Waals surface area contributed by atoms with E-state index < -0.39 is 17.1 Å². The molecule has 0 saturated carbocycles. The van der Waals surface area contributed by atoms with Crippen LogP contribution in [0.3, 0.4) is 0 Å². The van der Waals surface area contributed by atoms with Crippen LogP contribution >= 0.6 is 11.6 Å². The Labute approximate surface area is 106 Å². The second-order valence-corrected chi connectivity index (χ2v) is 3.73. The zero-order valence-electron chi connectivity index (χ0n) is 8.98. The largest absolute Gasteiger partial charge is 0.442 e. The van der Waals surface area contributed by atoms with E-state index >= 15 is 0 Å². The Morgan fingerprint density at radius 2 is 2.44 bits per heavy atom. The highest BCUT2D eigenvalue weighted by Gasteiger charge is 2.30. The molecule has 0 bridgehead atoms. The maximum Gasteiger partial charge on any atom is 0.433 e. The molecule has 1 fully saturated rings. The first-order chi connectivity index (χ1) is 8.60. The van der Waals surface area contributed by atoms with Crippen molar-refractivity contribution < 1.29 is 18.9 Å². The number of nitro groups is 1. The molecule has 0 N–H and O–H groups in total. The standard InChI is InChI=1S/C9H8ClN3O5/c10-3-7-5-12(9(14)18-7)11-4-6-1-2-8(17-6)13(15)16/h1-2,4,7H,3,5H2/b11-4-/t7-/m1/s1. The quantitative estimate of drug-likeness (QED) is 0.359. The van der Waals surface area contributed by atoms with Crippen molar-refractivity contribution in [2.75, 3.05) is 12.4 Å². The van der Waals surface area contributed by atoms with Crippen LogP contribution < -0.4 is 0 Å². The zero-order chi connectivity index (χ0) is 13.1. The van der Waals surface area contributed by atoms with Crippen LogP contribution in [-0.2, 0) is 4.74 Å². The minimum Gasteiger partial charge on any atom is -0.442 e. The first kappa shape index (κ1) is 12.4. The predicted molar refractivity (Wildman–Crippen MR) is 60.7 cm³/mol. The van der Waals surface area contributed by atoms with Gasteiger partial charge in [-0.2, -0.15) is 10.1 Å². The van der Waals surface area contributed by atoms with Crippen molar-refractivity contribution >= 4 is 29.8 Å². The van der Waals surface area contributed by atoms with Gasteiger partial charge in [-0.25, -0.2) is 4.79 Å². The first-order valence-corrected chi connectivity index (χ1v) is 5.46. The van der Waals surface area contributed by atoms with E-state index in [2.05, 4.69) is 5.10 Å². The van der Waals surface area contributed by atoms with Crippen molar-refractivity contribution in [3.8, 4) is 0 Å². The molecule has 18 heavy (non-hydrogen) atoms. The van der Waals surface area contributed by atoms with Gasteiger partial charge in [0.1, 0.15) is 11.0 Å². The van der Waals surface area contributed by atoms with Crippen LogP contribution in [0.25, 0.3) is 0 Å². The molecule has 0 unspecified atom stereocenters. The number of carbonyl (C=O) groups excluding carboxylic acids is 1. The molecule has 0 radical (unpaired) electrons. The summed E-state index contributed by atoms with van der Waals surface area (Å²) in [6.07, 6.45) is 0.186. The summed E-state index contributed by atoms with van der Waals surface area (Å²) in [7, 11) is 0. The minimum absolute atomic E-state index is 0.170. The number of cyclic esters (lactones) is 1. The number of hydrogen-bond acceptors (Lipinski definition) is 6. The molecule has 0 spiro atoms. The van der Waals surface area contributed by atoms with Crippen LogP contribution in [0.5, 0.6) is 0 Å². The third-order valence-electron chi connectivity index (χ3n) is 2.14. The van der Waals surface area contributed by atoms with E-state index in [0.717, 1.165) is 5.01 Å². The molecule has 2 heterocycles. The van der Waals surface area contributed by atoms with Gasteiger partial charge in [-0.15, -0.1) is 11.6 Å². The number of ether oxygens (including phenoxy) is 1. The molecule has 1 aliphatic rings. The fourth-order valence-corrected chi connectivity index (χ4v) is 1.48. The van der Waals surface area contributed by atoms with E-state index in [4.69, 9.17) is 20.8 Å². The Morgan fingerprint density at radius 3 is 3.00 bits per heavy atom. The lowest BCUT2D eigenvalue weighted by molar-refractivity contribution is -0.402. The molecule has 1 aliphatic heterocycles. The van der Waals surface area contributed by atoms with Crippen molar-refractivity contribution in [3.63, 3.8) is 0 Å². The van der Waals surface area contributed by atoms with Gasteiger partial charge in [-0.05, 0) is 6.07 Å². The maximum absolute atomic E-state index is 11.3. The number of alkyl halides is 1. The van der Waals surface area contributed by atoms with Crippen molar-refractivity contribution in [2.45, 2.75) is 6.10 Å². The summed E-state index contributed by atoms with van der Waals surface area (Å²) in [5.41, 5.74) is 0. The van der Waals surface area contributed by atoms with Crippen LogP contribution in [0.2, 0.25) is 0 Å². The zero-order valence-corrected chi connectivity index (χ0v) is 9.74. The van der Waals surface area contributed by atoms with E-state index in [-0.39, 0.29) is 24.1 Å². The second-order valence-electron chi connectivity index (χ2n) is 3.42. The van der Waals surface area contributed by atoms with Crippen molar-refractivity contribution in [1.29, 1.82) is 0 Å². The van der Waals surface area contributed by atoms with Gasteiger partial charge in [0.2, 0.25) is 0 Å². The van der Waals surface area contributed by atoms with Gasteiger partial charge < -0.3 is 9.15 Å². The average Bonchev–Trinajstić information content (AvgIpc) is 2.93. The highest BCUT2D eigenvalue weighted by Crippen LogP contribution is 2.15. The van der Waals surface area contributed by atoms with Crippen LogP contribution in [0.4, 0.5) is 10.7 Å². The van der Waals surface area contributed by atoms with Crippen molar-refractivity contribution in [2.24, 2.45) is 5.10 Å². The van der Waals surface area contributed by atoms with E-state index in [1.807, 2.05) is 0 Å². The molecule has 2 rings (SSSR count). The highest BCUT2D eigenvalue weighted by atomic mass is 35.5. The van der Waals surface area contributed by atoms with Crippen LogP contribution in [-0.4, -0.2) is 40.8 Å². The highest BCUT2D eigenvalue weighted by molar-refractivity contribution is 6.18. The molecule has 0 aliphatic carbocycles. The first-order valence-electron chi connectivity index (χ1n) is 4.92. The van der Waals surface area contributed by atoms with Gasteiger partial charge in [0.15, 0.2) is 5.76 Å². The van der Waals surface area contributed by atoms with Crippen molar-refractivity contribution in [1.82, 2.24) is 5.01 Å². The summed E-state index contributed by atoms with van der Waals surface area (Å²) >= 11 is 5.54. The molecule has 1 aromatic rings. The molecule has 8 nitrogen and oxygen atoms in total. The van der Waals surface area contributed by atoms with Gasteiger partial charge in [0, 0.05) is 0 Å². The number of hydrazone groups is 1. The van der Waals surface area contributed by atoms with Crippen LogP contribution in [0, 0.1) is 10.1 Å². The van der Waals surface area contributed by atoms with Gasteiger partial charge in [0.05, 0.1) is 24.7 Å². The van der Waals surface area contributed by atoms with Gasteiger partial charge in [0.25, 0.3) is 0 Å². The fraction of sp³-hybridized carbons (Fsp3) is 0.333. The lowest BCUT2D eigenvalue weighted by Gasteiger charge is -2.02. The lowest BCUT2D eigenvalue weighted by atomic mass is 10.4. The molecular weight excluding hydrogens is 266 g/mol. The average molecular weight is 274 g/mol. The summed E-state index contributed by atoms with van der Waals surface area (Å²) < 4.78 is 9.70. The molecule has 1 saturated heterocycles. The van der Waals surface area contributed by atoms with Crippen LogP contribution in [0.1, 0.15) is 5.76 Å². The van der Waals surface area contributed by atoms with E-state index in [1.54, 1.807) is 0 Å². The monoisotopic (exact) mass is 273 g/mol. The number of hydrogen-bond donors (Lipinski definition) is 0. The SMILES string of the molecule is O=C1O[C@H](CCl)CN1/N=C\c1ccc([N+](=O)[O-])o1. The Balaban J connectivity index is 2.02. The Kier molecular flexibility index (Phi) is 3.47. The minimum atomic E-state index is -0.662. The Morgan fingerprint density at radius 1 is 1.67 bits per heavy atom. The third-order valence-corrected chi connectivity index (χ3v) is 2.49. The molecule has 96 valence electrons. The predicted octanol–water partition coefficient (Wildman–Crippen LogP) is 1.58. The van der Waals surface area contributed by atoms with Gasteiger partial charge in [-0.3, -0.25) is 10.1 Å². The second kappa shape index (κ2) is 5.05. The number of halogens is 1. The summed E-state index contributed by atoms with van der Waals surface area (Å²) in [6.45, 7) is 0.238. The van der Waals surface area contributed by atoms with E-state index in [9.17, 15) is 14.9 Å². The Hall–Kier alpha value is -2.09. The van der Waals surface area contributed by atoms with E-state index in [0.29, 0.717) is 0 Å². The lowest BCUT2D eigenvalue weighted by Crippen LogP contribution is -2.19. The molecule has 0 aromatic carbocycles. The number of furan rings is 1. The maximum atomic E-state index is 11.3. The summed E-state index contributed by atoms with van der Waals surface area (Å²) in [6, 6.07) is 2.58. The molecule has 1 atom stereocenters. The van der Waals surface area contributed by atoms with Gasteiger partial charge >= 0.3 is 12.0 Å². The topological polar surface area (TPSA) is 98.2 Å². The van der Waals surface area contributed by atoms with Crippen LogP contribution in [0.15, 0.2) is 21.7 Å². The van der Waals surface area contributed by atoms with E-state index in [1.165, 1.54) is 18.3 Å². The molecule has 1 aromatic heterocycles. The summed E-state index contributed by atoms with van der Waals surface area (Å²) in [5, 5.41) is 15.3.